The third-order valence-corrected chi connectivity index (χ3v) is 2.54. The Bertz CT molecular complexity index is 202. The van der Waals surface area contributed by atoms with E-state index in [1.54, 1.807) is 7.11 Å². The Kier molecular flexibility index (Phi) is 13.1. The Morgan fingerprint density at radius 2 is 1.44 bits per heavy atom. The summed E-state index contributed by atoms with van der Waals surface area (Å²) in [7, 11) is 2.96. The van der Waals surface area contributed by atoms with Crippen molar-refractivity contribution in [2.75, 3.05) is 60.5 Å². The van der Waals surface area contributed by atoms with E-state index in [0.29, 0.717) is 39.6 Å². The van der Waals surface area contributed by atoms with Crippen molar-refractivity contribution in [3.8, 4) is 0 Å². The highest BCUT2D eigenvalue weighted by Gasteiger charge is 2.14. The fraction of sp³-hybridized carbons (Fsp3) is 0.909. The van der Waals surface area contributed by atoms with Gasteiger partial charge in [0, 0.05) is 7.11 Å². The van der Waals surface area contributed by atoms with Gasteiger partial charge in [-0.3, -0.25) is 4.79 Å². The number of alkyl halides is 1. The van der Waals surface area contributed by atoms with Crippen LogP contribution in [0.2, 0.25) is 0 Å². The van der Waals surface area contributed by atoms with Crippen LogP contribution in [-0.4, -0.2) is 71.3 Å². The van der Waals surface area contributed by atoms with E-state index in [9.17, 15) is 4.79 Å². The zero-order valence-corrected chi connectivity index (χ0v) is 12.4. The molecule has 0 aliphatic heterocycles. The normalized spacial score (nSPS) is 12.4. The van der Waals surface area contributed by atoms with E-state index in [1.165, 1.54) is 7.11 Å². The van der Waals surface area contributed by atoms with Crippen molar-refractivity contribution in [1.29, 1.82) is 0 Å². The van der Waals surface area contributed by atoms with Crippen molar-refractivity contribution in [3.63, 3.8) is 0 Å². The van der Waals surface area contributed by atoms with Gasteiger partial charge in [0.25, 0.3) is 0 Å². The first kappa shape index (κ1) is 17.8. The Morgan fingerprint density at radius 1 is 0.944 bits per heavy atom. The monoisotopic (exact) mass is 328 g/mol. The van der Waals surface area contributed by atoms with Gasteiger partial charge >= 0.3 is 5.97 Å². The molecule has 108 valence electrons. The average Bonchev–Trinajstić information content (AvgIpc) is 2.39. The SMILES string of the molecule is COCCOCCOCCOCC(Br)C(=O)OC. The van der Waals surface area contributed by atoms with Crippen LogP contribution < -0.4 is 0 Å². The first-order valence-corrected chi connectivity index (χ1v) is 6.58. The molecule has 0 amide bonds. The molecule has 0 fully saturated rings. The summed E-state index contributed by atoms with van der Waals surface area (Å²) >= 11 is 3.15. The summed E-state index contributed by atoms with van der Waals surface area (Å²) in [6.07, 6.45) is 0. The summed E-state index contributed by atoms with van der Waals surface area (Å²) in [5.41, 5.74) is 0. The van der Waals surface area contributed by atoms with E-state index in [-0.39, 0.29) is 12.6 Å². The summed E-state index contributed by atoms with van der Waals surface area (Å²) in [4.78, 5) is 10.6. The van der Waals surface area contributed by atoms with E-state index in [1.807, 2.05) is 0 Å². The quantitative estimate of drug-likeness (QED) is 0.297. The highest BCUT2D eigenvalue weighted by molar-refractivity contribution is 9.10. The molecule has 0 aromatic heterocycles. The molecule has 0 spiro atoms. The molecule has 0 rings (SSSR count). The average molecular weight is 329 g/mol. The predicted molar refractivity (Wildman–Crippen MR) is 69.1 cm³/mol. The van der Waals surface area contributed by atoms with E-state index < -0.39 is 4.83 Å². The molecule has 0 radical (unpaired) electrons. The van der Waals surface area contributed by atoms with Crippen molar-refractivity contribution in [1.82, 2.24) is 0 Å². The van der Waals surface area contributed by atoms with Crippen LogP contribution in [0.4, 0.5) is 0 Å². The number of ether oxygens (including phenoxy) is 5. The highest BCUT2D eigenvalue weighted by atomic mass is 79.9. The lowest BCUT2D eigenvalue weighted by molar-refractivity contribution is -0.141. The Morgan fingerprint density at radius 3 is 1.94 bits per heavy atom. The van der Waals surface area contributed by atoms with Crippen LogP contribution in [0.5, 0.6) is 0 Å². The minimum atomic E-state index is -0.431. The lowest BCUT2D eigenvalue weighted by Gasteiger charge is -2.09. The lowest BCUT2D eigenvalue weighted by Crippen LogP contribution is -2.22. The fourth-order valence-electron chi connectivity index (χ4n) is 0.965. The third-order valence-electron chi connectivity index (χ3n) is 1.90. The van der Waals surface area contributed by atoms with Crippen molar-refractivity contribution in [2.24, 2.45) is 0 Å². The molecule has 0 aromatic carbocycles. The van der Waals surface area contributed by atoms with Gasteiger partial charge in [0.05, 0.1) is 53.4 Å². The lowest BCUT2D eigenvalue weighted by atomic mass is 10.5. The summed E-state index contributed by atoms with van der Waals surface area (Å²) in [6, 6.07) is 0. The first-order chi connectivity index (χ1) is 8.72. The van der Waals surface area contributed by atoms with Crippen LogP contribution in [-0.2, 0) is 28.5 Å². The molecule has 6 nitrogen and oxygen atoms in total. The van der Waals surface area contributed by atoms with Gasteiger partial charge in [-0.25, -0.2) is 0 Å². The van der Waals surface area contributed by atoms with Gasteiger partial charge < -0.3 is 23.7 Å². The zero-order valence-electron chi connectivity index (χ0n) is 10.9. The van der Waals surface area contributed by atoms with Crippen molar-refractivity contribution in [2.45, 2.75) is 4.83 Å². The topological polar surface area (TPSA) is 63.2 Å². The Labute approximate surface area is 116 Å². The molecule has 1 atom stereocenters. The number of carbonyl (C=O) groups is 1. The van der Waals surface area contributed by atoms with Crippen LogP contribution in [0.1, 0.15) is 0 Å². The fourth-order valence-corrected chi connectivity index (χ4v) is 1.34. The van der Waals surface area contributed by atoms with Crippen LogP contribution >= 0.6 is 15.9 Å². The minimum absolute atomic E-state index is 0.264. The molecule has 0 saturated heterocycles. The van der Waals surface area contributed by atoms with Crippen LogP contribution in [0.15, 0.2) is 0 Å². The second-order valence-electron chi connectivity index (χ2n) is 3.28. The maximum atomic E-state index is 11.0. The maximum absolute atomic E-state index is 11.0. The van der Waals surface area contributed by atoms with Gasteiger partial charge in [0.15, 0.2) is 0 Å². The minimum Gasteiger partial charge on any atom is -0.468 e. The summed E-state index contributed by atoms with van der Waals surface area (Å²) in [5, 5.41) is 0. The molecule has 7 heteroatoms. The van der Waals surface area contributed by atoms with Gasteiger partial charge in [-0.05, 0) is 0 Å². The molecule has 0 aliphatic rings. The first-order valence-electron chi connectivity index (χ1n) is 5.66. The third kappa shape index (κ3) is 10.9. The van der Waals surface area contributed by atoms with Gasteiger partial charge in [-0.1, -0.05) is 15.9 Å². The molecule has 0 saturated carbocycles. The maximum Gasteiger partial charge on any atom is 0.321 e. The van der Waals surface area contributed by atoms with Gasteiger partial charge in [0.2, 0.25) is 0 Å². The molecule has 0 aromatic rings. The van der Waals surface area contributed by atoms with Crippen LogP contribution in [0, 0.1) is 0 Å². The predicted octanol–water partition coefficient (Wildman–Crippen LogP) is 0.619. The van der Waals surface area contributed by atoms with Crippen molar-refractivity contribution in [3.05, 3.63) is 0 Å². The second-order valence-corrected chi connectivity index (χ2v) is 4.39. The summed E-state index contributed by atoms with van der Waals surface area (Å²) in [5.74, 6) is -0.345. The number of hydrogen-bond acceptors (Lipinski definition) is 6. The highest BCUT2D eigenvalue weighted by Crippen LogP contribution is 2.01. The molecular formula is C11H21BrO6. The van der Waals surface area contributed by atoms with E-state index >= 15 is 0 Å². The smallest absolute Gasteiger partial charge is 0.321 e. The second kappa shape index (κ2) is 13.2. The molecule has 0 N–H and O–H groups in total. The van der Waals surface area contributed by atoms with Crippen molar-refractivity contribution >= 4 is 21.9 Å². The molecule has 0 aliphatic carbocycles. The number of carbonyl (C=O) groups excluding carboxylic acids is 1. The molecule has 18 heavy (non-hydrogen) atoms. The number of hydrogen-bond donors (Lipinski definition) is 0. The summed E-state index contributed by atoms with van der Waals surface area (Å²) < 4.78 is 25.1. The molecular weight excluding hydrogens is 308 g/mol. The Hall–Kier alpha value is -0.210. The molecule has 0 bridgehead atoms. The van der Waals surface area contributed by atoms with Gasteiger partial charge in [-0.15, -0.1) is 0 Å². The van der Waals surface area contributed by atoms with Gasteiger partial charge in [-0.2, -0.15) is 0 Å². The largest absolute Gasteiger partial charge is 0.468 e. The van der Waals surface area contributed by atoms with Crippen LogP contribution in [0.25, 0.3) is 0 Å². The van der Waals surface area contributed by atoms with E-state index in [0.717, 1.165) is 0 Å². The standard InChI is InChI=1S/C11H21BrO6/c1-14-3-4-16-5-6-17-7-8-18-9-10(12)11(13)15-2/h10H,3-9H2,1-2H3. The molecule has 0 heterocycles. The van der Waals surface area contributed by atoms with Crippen LogP contribution in [0.3, 0.4) is 0 Å². The van der Waals surface area contributed by atoms with E-state index in [2.05, 4.69) is 20.7 Å². The Balaban J connectivity index is 3.14. The number of halogens is 1. The number of rotatable bonds is 12. The number of esters is 1. The van der Waals surface area contributed by atoms with Gasteiger partial charge in [0.1, 0.15) is 4.83 Å². The van der Waals surface area contributed by atoms with Crippen molar-refractivity contribution < 1.29 is 28.5 Å². The molecule has 1 unspecified atom stereocenters. The number of methoxy groups -OCH3 is 2. The zero-order chi connectivity index (χ0) is 13.6. The van der Waals surface area contributed by atoms with E-state index in [4.69, 9.17) is 18.9 Å². The summed E-state index contributed by atoms with van der Waals surface area (Å²) in [6.45, 7) is 3.37.